The molecule has 96 valence electrons. The lowest BCUT2D eigenvalue weighted by Crippen LogP contribution is -2.21. The Bertz CT molecular complexity index is 499. The second-order valence-electron chi connectivity index (χ2n) is 4.19. The van der Waals surface area contributed by atoms with Gasteiger partial charge in [0.05, 0.1) is 4.90 Å². The predicted molar refractivity (Wildman–Crippen MR) is 68.9 cm³/mol. The van der Waals surface area contributed by atoms with Gasteiger partial charge in [0.2, 0.25) is 0 Å². The van der Waals surface area contributed by atoms with Crippen LogP contribution in [0, 0.1) is 5.82 Å². The van der Waals surface area contributed by atoms with Crippen molar-refractivity contribution < 1.29 is 4.39 Å². The summed E-state index contributed by atoms with van der Waals surface area (Å²) in [5, 5.41) is 10.3. The topological polar surface area (TPSA) is 53.6 Å². The van der Waals surface area contributed by atoms with Crippen LogP contribution in [0.2, 0.25) is 0 Å². The van der Waals surface area contributed by atoms with Crippen molar-refractivity contribution in [3.63, 3.8) is 0 Å². The molecular weight excluding hydrogens is 251 g/mol. The van der Waals surface area contributed by atoms with E-state index in [4.69, 9.17) is 0 Å². The van der Waals surface area contributed by atoms with E-state index in [1.54, 1.807) is 12.1 Å². The van der Waals surface area contributed by atoms with Crippen LogP contribution in [0.3, 0.4) is 0 Å². The van der Waals surface area contributed by atoms with Gasteiger partial charge in [0.15, 0.2) is 5.16 Å². The molecule has 4 nitrogen and oxygen atoms in total. The standard InChI is InChI=1S/C12H15FN4S/c1-8(2)14-6-9-3-4-11(10(13)5-9)18-12-15-7-16-17-12/h3-5,7-8,14H,6H2,1-2H3,(H,15,16,17). The summed E-state index contributed by atoms with van der Waals surface area (Å²) in [6, 6.07) is 5.61. The lowest BCUT2D eigenvalue weighted by atomic mass is 10.2. The average molecular weight is 266 g/mol. The molecule has 0 aliphatic carbocycles. The normalized spacial score (nSPS) is 11.1. The van der Waals surface area contributed by atoms with Gasteiger partial charge in [0, 0.05) is 12.6 Å². The SMILES string of the molecule is CC(C)NCc1ccc(Sc2ncn[nH]2)c(F)c1. The maximum Gasteiger partial charge on any atom is 0.188 e. The van der Waals surface area contributed by atoms with Crippen molar-refractivity contribution in [2.24, 2.45) is 0 Å². The van der Waals surface area contributed by atoms with E-state index in [0.717, 1.165) is 5.56 Å². The fourth-order valence-electron chi connectivity index (χ4n) is 1.41. The van der Waals surface area contributed by atoms with Gasteiger partial charge in [-0.3, -0.25) is 5.10 Å². The van der Waals surface area contributed by atoms with Crippen LogP contribution < -0.4 is 5.32 Å². The molecular formula is C12H15FN4S. The molecule has 0 radical (unpaired) electrons. The van der Waals surface area contributed by atoms with Crippen molar-refractivity contribution in [1.82, 2.24) is 20.5 Å². The maximum atomic E-state index is 13.9. The van der Waals surface area contributed by atoms with Crippen LogP contribution in [0.5, 0.6) is 0 Å². The Kier molecular flexibility index (Phi) is 4.33. The molecule has 0 unspecified atom stereocenters. The molecule has 0 saturated carbocycles. The summed E-state index contributed by atoms with van der Waals surface area (Å²) in [7, 11) is 0. The molecule has 18 heavy (non-hydrogen) atoms. The molecule has 2 aromatic rings. The molecule has 1 aromatic heterocycles. The van der Waals surface area contributed by atoms with Crippen LogP contribution in [0.15, 0.2) is 34.6 Å². The van der Waals surface area contributed by atoms with E-state index in [1.165, 1.54) is 18.1 Å². The second-order valence-corrected chi connectivity index (χ2v) is 5.22. The minimum absolute atomic E-state index is 0.237. The second kappa shape index (κ2) is 5.97. The van der Waals surface area contributed by atoms with Gasteiger partial charge in [-0.15, -0.1) is 0 Å². The van der Waals surface area contributed by atoms with Gasteiger partial charge >= 0.3 is 0 Å². The molecule has 2 rings (SSSR count). The van der Waals surface area contributed by atoms with Crippen molar-refractivity contribution >= 4 is 11.8 Å². The van der Waals surface area contributed by atoms with Crippen molar-refractivity contribution in [2.75, 3.05) is 0 Å². The first-order valence-electron chi connectivity index (χ1n) is 5.70. The minimum atomic E-state index is -0.237. The summed E-state index contributed by atoms with van der Waals surface area (Å²) < 4.78 is 13.9. The van der Waals surface area contributed by atoms with E-state index < -0.39 is 0 Å². The summed E-state index contributed by atoms with van der Waals surface area (Å²) in [6.07, 6.45) is 1.40. The third-order valence-corrected chi connectivity index (χ3v) is 3.25. The van der Waals surface area contributed by atoms with Crippen LogP contribution >= 0.6 is 11.8 Å². The van der Waals surface area contributed by atoms with Crippen LogP contribution in [0.4, 0.5) is 4.39 Å². The molecule has 6 heteroatoms. The first kappa shape index (κ1) is 13.0. The molecule has 0 aliphatic heterocycles. The maximum absolute atomic E-state index is 13.9. The number of nitrogens with zero attached hydrogens (tertiary/aromatic N) is 2. The summed E-state index contributed by atoms with van der Waals surface area (Å²) >= 11 is 1.23. The Morgan fingerprint density at radius 3 is 2.89 bits per heavy atom. The smallest absolute Gasteiger partial charge is 0.188 e. The fraction of sp³-hybridized carbons (Fsp3) is 0.333. The van der Waals surface area contributed by atoms with Gasteiger partial charge < -0.3 is 5.32 Å². The van der Waals surface area contributed by atoms with E-state index in [0.29, 0.717) is 22.6 Å². The predicted octanol–water partition coefficient (Wildman–Crippen LogP) is 2.59. The third kappa shape index (κ3) is 3.54. The quantitative estimate of drug-likeness (QED) is 0.873. The number of rotatable bonds is 5. The number of aromatic amines is 1. The largest absolute Gasteiger partial charge is 0.310 e. The van der Waals surface area contributed by atoms with Gasteiger partial charge in [0.1, 0.15) is 12.1 Å². The van der Waals surface area contributed by atoms with Crippen LogP contribution in [0.1, 0.15) is 19.4 Å². The Morgan fingerprint density at radius 1 is 1.44 bits per heavy atom. The number of aromatic nitrogens is 3. The summed E-state index contributed by atoms with van der Waals surface area (Å²) in [5.41, 5.74) is 0.933. The van der Waals surface area contributed by atoms with Gasteiger partial charge in [-0.05, 0) is 29.5 Å². The number of H-pyrrole nitrogens is 1. The van der Waals surface area contributed by atoms with E-state index in [1.807, 2.05) is 6.07 Å². The highest BCUT2D eigenvalue weighted by atomic mass is 32.2. The number of nitrogens with one attached hydrogen (secondary N) is 2. The molecule has 0 spiro atoms. The molecule has 0 fully saturated rings. The Balaban J connectivity index is 2.05. The molecule has 0 saturated heterocycles. The molecule has 2 N–H and O–H groups in total. The molecule has 0 bridgehead atoms. The zero-order chi connectivity index (χ0) is 13.0. The van der Waals surface area contributed by atoms with E-state index >= 15 is 0 Å². The highest BCUT2D eigenvalue weighted by molar-refractivity contribution is 7.99. The van der Waals surface area contributed by atoms with Crippen LogP contribution in [-0.2, 0) is 6.54 Å². The zero-order valence-corrected chi connectivity index (χ0v) is 11.1. The van der Waals surface area contributed by atoms with Crippen LogP contribution in [-0.4, -0.2) is 21.2 Å². The minimum Gasteiger partial charge on any atom is -0.310 e. The third-order valence-electron chi connectivity index (χ3n) is 2.31. The van der Waals surface area contributed by atoms with Gasteiger partial charge in [0.25, 0.3) is 0 Å². The van der Waals surface area contributed by atoms with Gasteiger partial charge in [-0.25, -0.2) is 9.37 Å². The molecule has 0 aliphatic rings. The van der Waals surface area contributed by atoms with E-state index in [-0.39, 0.29) is 5.82 Å². The van der Waals surface area contributed by atoms with Gasteiger partial charge in [-0.2, -0.15) is 5.10 Å². The molecule has 0 amide bonds. The fourth-order valence-corrected chi connectivity index (χ4v) is 2.11. The lowest BCUT2D eigenvalue weighted by molar-refractivity contribution is 0.574. The van der Waals surface area contributed by atoms with Crippen molar-refractivity contribution in [3.05, 3.63) is 35.9 Å². The van der Waals surface area contributed by atoms with Crippen molar-refractivity contribution in [2.45, 2.75) is 36.5 Å². The zero-order valence-electron chi connectivity index (χ0n) is 10.3. The van der Waals surface area contributed by atoms with Crippen LogP contribution in [0.25, 0.3) is 0 Å². The highest BCUT2D eigenvalue weighted by Crippen LogP contribution is 2.27. The summed E-state index contributed by atoms with van der Waals surface area (Å²) in [4.78, 5) is 4.49. The first-order valence-corrected chi connectivity index (χ1v) is 6.52. The Morgan fingerprint density at radius 2 is 2.28 bits per heavy atom. The summed E-state index contributed by atoms with van der Waals surface area (Å²) in [6.45, 7) is 4.79. The average Bonchev–Trinajstić information content (AvgIpc) is 2.82. The number of hydrogen-bond acceptors (Lipinski definition) is 4. The van der Waals surface area contributed by atoms with Crippen molar-refractivity contribution in [1.29, 1.82) is 0 Å². The Hall–Kier alpha value is -1.40. The highest BCUT2D eigenvalue weighted by Gasteiger charge is 2.07. The van der Waals surface area contributed by atoms with E-state index in [9.17, 15) is 4.39 Å². The molecule has 0 atom stereocenters. The summed E-state index contributed by atoms with van der Waals surface area (Å²) in [5.74, 6) is -0.237. The lowest BCUT2D eigenvalue weighted by Gasteiger charge is -2.09. The van der Waals surface area contributed by atoms with Crippen molar-refractivity contribution in [3.8, 4) is 0 Å². The molecule has 1 aromatic carbocycles. The monoisotopic (exact) mass is 266 g/mol. The number of halogens is 1. The number of benzene rings is 1. The Labute approximate surface area is 109 Å². The van der Waals surface area contributed by atoms with Gasteiger partial charge in [-0.1, -0.05) is 19.9 Å². The number of hydrogen-bond donors (Lipinski definition) is 2. The first-order chi connectivity index (χ1) is 8.65. The van der Waals surface area contributed by atoms with E-state index in [2.05, 4.69) is 34.3 Å². The molecule has 1 heterocycles.